The lowest BCUT2D eigenvalue weighted by Crippen LogP contribution is -2.41. The molecule has 0 aliphatic heterocycles. The molecule has 10 heteroatoms. The number of halogens is 4. The minimum Gasteiger partial charge on any atom is -0.268 e. The lowest BCUT2D eigenvalue weighted by atomic mass is 10.1. The van der Waals surface area contributed by atoms with Crippen LogP contribution < -0.4 is 10.9 Å². The predicted octanol–water partition coefficient (Wildman–Crippen LogP) is 2.62. The Balaban J connectivity index is 1.98. The molecule has 0 atom stereocenters. The summed E-state index contributed by atoms with van der Waals surface area (Å²) in [4.78, 5) is 30.6. The molecule has 2 N–H and O–H groups in total. The molecule has 0 fully saturated rings. The Morgan fingerprint density at radius 3 is 2.56 bits per heavy atom. The predicted molar refractivity (Wildman–Crippen MR) is 83.1 cm³/mol. The second kappa shape index (κ2) is 7.75. The van der Waals surface area contributed by atoms with E-state index in [1.54, 1.807) is 0 Å². The SMILES string of the molecule is O=C(/C=C/c1ccc(Cl)c(C(F)(F)F)c1)NNC(=O)c1cnccn1. The highest BCUT2D eigenvalue weighted by atomic mass is 35.5. The Hall–Kier alpha value is -2.94. The summed E-state index contributed by atoms with van der Waals surface area (Å²) in [7, 11) is 0. The van der Waals surface area contributed by atoms with E-state index < -0.39 is 28.6 Å². The van der Waals surface area contributed by atoms with Gasteiger partial charge in [-0.3, -0.25) is 25.4 Å². The van der Waals surface area contributed by atoms with Gasteiger partial charge >= 0.3 is 6.18 Å². The number of amides is 2. The molecule has 2 aromatic rings. The van der Waals surface area contributed by atoms with Gasteiger partial charge in [0.2, 0.25) is 0 Å². The average Bonchev–Trinajstić information content (AvgIpc) is 2.58. The van der Waals surface area contributed by atoms with Gasteiger partial charge in [0, 0.05) is 18.5 Å². The summed E-state index contributed by atoms with van der Waals surface area (Å²) in [6.45, 7) is 0. The topological polar surface area (TPSA) is 84.0 Å². The van der Waals surface area contributed by atoms with E-state index in [9.17, 15) is 22.8 Å². The Labute approximate surface area is 144 Å². The molecule has 0 radical (unpaired) electrons. The van der Waals surface area contributed by atoms with Crippen molar-refractivity contribution in [2.75, 3.05) is 0 Å². The highest BCUT2D eigenvalue weighted by molar-refractivity contribution is 6.31. The number of aromatic nitrogens is 2. The fourth-order valence-electron chi connectivity index (χ4n) is 1.68. The minimum absolute atomic E-state index is 0.0145. The smallest absolute Gasteiger partial charge is 0.268 e. The first-order valence-electron chi connectivity index (χ1n) is 6.68. The van der Waals surface area contributed by atoms with Crippen LogP contribution in [0.25, 0.3) is 6.08 Å². The highest BCUT2D eigenvalue weighted by Crippen LogP contribution is 2.35. The van der Waals surface area contributed by atoms with Crippen LogP contribution in [0.1, 0.15) is 21.6 Å². The number of nitrogens with zero attached hydrogens (tertiary/aromatic N) is 2. The average molecular weight is 371 g/mol. The van der Waals surface area contributed by atoms with Crippen molar-refractivity contribution in [3.63, 3.8) is 0 Å². The van der Waals surface area contributed by atoms with E-state index in [-0.39, 0.29) is 11.3 Å². The Bertz CT molecular complexity index is 810. The standard InChI is InChI=1S/C15H10ClF3N4O2/c16-11-3-1-9(7-10(11)15(17,18)19)2-4-13(24)22-23-14(25)12-8-20-5-6-21-12/h1-8H,(H,22,24)(H,23,25)/b4-2+. The number of hydrogen-bond acceptors (Lipinski definition) is 4. The molecule has 0 unspecified atom stereocenters. The maximum atomic E-state index is 12.8. The summed E-state index contributed by atoms with van der Waals surface area (Å²) in [6, 6.07) is 3.21. The van der Waals surface area contributed by atoms with Crippen LogP contribution in [0, 0.1) is 0 Å². The fraction of sp³-hybridized carbons (Fsp3) is 0.0667. The van der Waals surface area contributed by atoms with Crippen LogP contribution in [0.4, 0.5) is 13.2 Å². The molecule has 25 heavy (non-hydrogen) atoms. The van der Waals surface area contributed by atoms with Gasteiger partial charge in [0.1, 0.15) is 5.69 Å². The summed E-state index contributed by atoms with van der Waals surface area (Å²) < 4.78 is 38.3. The maximum absolute atomic E-state index is 12.8. The number of carbonyl (C=O) groups is 2. The van der Waals surface area contributed by atoms with Gasteiger partial charge in [-0.15, -0.1) is 0 Å². The normalized spacial score (nSPS) is 11.4. The van der Waals surface area contributed by atoms with Crippen LogP contribution in [0.3, 0.4) is 0 Å². The quantitative estimate of drug-likeness (QED) is 0.642. The number of rotatable bonds is 3. The van der Waals surface area contributed by atoms with Crippen molar-refractivity contribution < 1.29 is 22.8 Å². The van der Waals surface area contributed by atoms with Crippen LogP contribution in [0.2, 0.25) is 5.02 Å². The summed E-state index contributed by atoms with van der Waals surface area (Å²) in [5, 5.41) is -0.440. The van der Waals surface area contributed by atoms with Gasteiger partial charge in [0.25, 0.3) is 11.8 Å². The van der Waals surface area contributed by atoms with Gasteiger partial charge in [-0.25, -0.2) is 4.98 Å². The van der Waals surface area contributed by atoms with E-state index in [0.717, 1.165) is 24.3 Å². The van der Waals surface area contributed by atoms with Crippen LogP contribution in [0.5, 0.6) is 0 Å². The third-order valence-corrected chi connectivity index (χ3v) is 3.15. The molecular formula is C15H10ClF3N4O2. The first-order valence-corrected chi connectivity index (χ1v) is 7.06. The molecule has 0 aliphatic carbocycles. The lowest BCUT2D eigenvalue weighted by molar-refractivity contribution is -0.137. The van der Waals surface area contributed by atoms with E-state index in [0.29, 0.717) is 0 Å². The van der Waals surface area contributed by atoms with E-state index in [4.69, 9.17) is 11.6 Å². The van der Waals surface area contributed by atoms with Crippen molar-refractivity contribution in [3.05, 3.63) is 64.7 Å². The molecule has 0 saturated heterocycles. The van der Waals surface area contributed by atoms with Gasteiger partial charge < -0.3 is 0 Å². The largest absolute Gasteiger partial charge is 0.417 e. The van der Waals surface area contributed by atoms with Crippen LogP contribution in [-0.2, 0) is 11.0 Å². The molecular weight excluding hydrogens is 361 g/mol. The van der Waals surface area contributed by atoms with E-state index in [1.165, 1.54) is 24.7 Å². The number of benzene rings is 1. The van der Waals surface area contributed by atoms with Gasteiger partial charge in [-0.2, -0.15) is 13.2 Å². The number of hydrazine groups is 1. The Morgan fingerprint density at radius 2 is 1.92 bits per heavy atom. The molecule has 2 rings (SSSR count). The zero-order valence-electron chi connectivity index (χ0n) is 12.3. The van der Waals surface area contributed by atoms with E-state index >= 15 is 0 Å². The van der Waals surface area contributed by atoms with E-state index in [2.05, 4.69) is 20.8 Å². The van der Waals surface area contributed by atoms with Crippen molar-refractivity contribution in [1.82, 2.24) is 20.8 Å². The molecule has 0 aliphatic rings. The Kier molecular flexibility index (Phi) is 5.71. The maximum Gasteiger partial charge on any atom is 0.417 e. The second-order valence-corrected chi connectivity index (χ2v) is 5.01. The minimum atomic E-state index is -4.60. The fourth-order valence-corrected chi connectivity index (χ4v) is 1.90. The Morgan fingerprint density at radius 1 is 1.16 bits per heavy atom. The molecule has 1 heterocycles. The van der Waals surface area contributed by atoms with Gasteiger partial charge in [-0.05, 0) is 23.8 Å². The first kappa shape index (κ1) is 18.4. The van der Waals surface area contributed by atoms with Crippen LogP contribution in [0.15, 0.2) is 42.9 Å². The third kappa shape index (κ3) is 5.28. The molecule has 130 valence electrons. The van der Waals surface area contributed by atoms with Crippen molar-refractivity contribution in [1.29, 1.82) is 0 Å². The summed E-state index contributed by atoms with van der Waals surface area (Å²) in [5.41, 5.74) is 3.25. The molecule has 0 bridgehead atoms. The van der Waals surface area contributed by atoms with Gasteiger partial charge in [0.15, 0.2) is 0 Å². The lowest BCUT2D eigenvalue weighted by Gasteiger charge is -2.09. The van der Waals surface area contributed by atoms with Crippen molar-refractivity contribution >= 4 is 29.5 Å². The first-order chi connectivity index (χ1) is 11.8. The van der Waals surface area contributed by atoms with Gasteiger partial charge in [0.05, 0.1) is 16.8 Å². The molecule has 2 amide bonds. The number of hydrogen-bond donors (Lipinski definition) is 2. The van der Waals surface area contributed by atoms with Crippen molar-refractivity contribution in [3.8, 4) is 0 Å². The second-order valence-electron chi connectivity index (χ2n) is 4.60. The molecule has 1 aromatic carbocycles. The van der Waals surface area contributed by atoms with Crippen molar-refractivity contribution in [2.24, 2.45) is 0 Å². The van der Waals surface area contributed by atoms with Crippen molar-refractivity contribution in [2.45, 2.75) is 6.18 Å². The molecule has 1 aromatic heterocycles. The summed E-state index contributed by atoms with van der Waals surface area (Å²) in [6.07, 6.45) is 1.38. The molecule has 6 nitrogen and oxygen atoms in total. The zero-order valence-corrected chi connectivity index (χ0v) is 13.1. The summed E-state index contributed by atoms with van der Waals surface area (Å²) in [5.74, 6) is -1.44. The van der Waals surface area contributed by atoms with E-state index in [1.807, 2.05) is 0 Å². The van der Waals surface area contributed by atoms with Gasteiger partial charge in [-0.1, -0.05) is 17.7 Å². The number of alkyl halides is 3. The number of carbonyl (C=O) groups excluding carboxylic acids is 2. The highest BCUT2D eigenvalue weighted by Gasteiger charge is 2.33. The molecule has 0 saturated carbocycles. The van der Waals surface area contributed by atoms with Crippen LogP contribution >= 0.6 is 11.6 Å². The molecule has 0 spiro atoms. The van der Waals surface area contributed by atoms with Crippen LogP contribution in [-0.4, -0.2) is 21.8 Å². The summed E-state index contributed by atoms with van der Waals surface area (Å²) >= 11 is 5.50. The number of nitrogens with one attached hydrogen (secondary N) is 2. The monoisotopic (exact) mass is 370 g/mol. The third-order valence-electron chi connectivity index (χ3n) is 2.82. The zero-order chi connectivity index (χ0) is 18.4.